The molecule has 1 aliphatic rings. The molecule has 19 heavy (non-hydrogen) atoms. The maximum absolute atomic E-state index is 13.6. The Morgan fingerprint density at radius 1 is 1.37 bits per heavy atom. The van der Waals surface area contributed by atoms with Gasteiger partial charge in [-0.1, -0.05) is 0 Å². The maximum Gasteiger partial charge on any atom is 0.150 e. The topological polar surface area (TPSA) is 27.1 Å². The first-order valence-corrected chi connectivity index (χ1v) is 6.27. The molecule has 0 spiro atoms. The molecule has 99 valence electrons. The second-order valence-electron chi connectivity index (χ2n) is 4.58. The summed E-state index contributed by atoms with van der Waals surface area (Å²) in [7, 11) is 0. The van der Waals surface area contributed by atoms with E-state index in [-0.39, 0.29) is 11.8 Å². The van der Waals surface area contributed by atoms with Gasteiger partial charge in [0.2, 0.25) is 0 Å². The molecule has 2 aromatic rings. The minimum Gasteiger partial charge on any atom is -0.357 e. The molecule has 1 radical (unpaired) electrons. The van der Waals surface area contributed by atoms with E-state index in [0.29, 0.717) is 12.2 Å². The third kappa shape index (κ3) is 2.51. The van der Waals surface area contributed by atoms with E-state index in [9.17, 15) is 8.78 Å². The van der Waals surface area contributed by atoms with Gasteiger partial charge >= 0.3 is 0 Å². The van der Waals surface area contributed by atoms with Crippen LogP contribution < -0.4 is 0 Å². The van der Waals surface area contributed by atoms with Gasteiger partial charge in [0, 0.05) is 30.0 Å². The van der Waals surface area contributed by atoms with Gasteiger partial charge < -0.3 is 4.74 Å². The van der Waals surface area contributed by atoms with Crippen molar-refractivity contribution < 1.29 is 13.5 Å². The highest BCUT2D eigenvalue weighted by Gasteiger charge is 2.17. The molecule has 0 N–H and O–H groups in total. The zero-order valence-corrected chi connectivity index (χ0v) is 10.3. The first-order valence-electron chi connectivity index (χ1n) is 6.27. The van der Waals surface area contributed by atoms with Gasteiger partial charge in [-0.2, -0.15) is 5.10 Å². The predicted molar refractivity (Wildman–Crippen MR) is 65.3 cm³/mol. The van der Waals surface area contributed by atoms with Gasteiger partial charge in [-0.15, -0.1) is 0 Å². The van der Waals surface area contributed by atoms with Crippen LogP contribution in [-0.2, 0) is 4.74 Å². The third-order valence-corrected chi connectivity index (χ3v) is 3.22. The molecule has 3 rings (SSSR count). The van der Waals surface area contributed by atoms with Crippen LogP contribution in [0, 0.1) is 17.7 Å². The van der Waals surface area contributed by atoms with Crippen molar-refractivity contribution in [3.05, 3.63) is 42.2 Å². The third-order valence-electron chi connectivity index (χ3n) is 3.22. The minimum absolute atomic E-state index is 0.108. The summed E-state index contributed by atoms with van der Waals surface area (Å²) >= 11 is 0. The van der Waals surface area contributed by atoms with E-state index in [1.807, 2.05) is 0 Å². The molecule has 0 amide bonds. The normalized spacial score (nSPS) is 19.6. The Hall–Kier alpha value is -1.75. The average Bonchev–Trinajstić information content (AvgIpc) is 2.92. The van der Waals surface area contributed by atoms with Crippen LogP contribution in [0.4, 0.5) is 8.78 Å². The Kier molecular flexibility index (Phi) is 3.29. The second kappa shape index (κ2) is 5.09. The lowest BCUT2D eigenvalue weighted by Crippen LogP contribution is -2.18. The van der Waals surface area contributed by atoms with E-state index in [2.05, 4.69) is 11.2 Å². The molecule has 1 aromatic carbocycles. The monoisotopic (exact) mass is 263 g/mol. The first-order chi connectivity index (χ1) is 9.24. The number of halogens is 2. The van der Waals surface area contributed by atoms with E-state index in [1.54, 1.807) is 10.9 Å². The fourth-order valence-electron chi connectivity index (χ4n) is 2.23. The van der Waals surface area contributed by atoms with E-state index in [4.69, 9.17) is 4.74 Å². The lowest BCUT2D eigenvalue weighted by molar-refractivity contribution is -0.0394. The summed E-state index contributed by atoms with van der Waals surface area (Å²) in [5.74, 6) is -1.09. The van der Waals surface area contributed by atoms with Crippen molar-refractivity contribution in [1.82, 2.24) is 9.78 Å². The second-order valence-corrected chi connectivity index (χ2v) is 4.58. The van der Waals surface area contributed by atoms with E-state index >= 15 is 0 Å². The SMILES string of the molecule is Fc1c[c]c(F)c(-c2cnn(C3CCCCO3)c2)c1. The Morgan fingerprint density at radius 3 is 3.05 bits per heavy atom. The van der Waals surface area contributed by atoms with Crippen LogP contribution in [0.2, 0.25) is 0 Å². The molecular weight excluding hydrogens is 250 g/mol. The lowest BCUT2D eigenvalue weighted by Gasteiger charge is -2.22. The van der Waals surface area contributed by atoms with Gasteiger partial charge in [0.1, 0.15) is 17.9 Å². The first kappa shape index (κ1) is 12.3. The van der Waals surface area contributed by atoms with E-state index in [0.717, 1.165) is 31.4 Å². The van der Waals surface area contributed by atoms with Crippen molar-refractivity contribution in [2.75, 3.05) is 6.61 Å². The van der Waals surface area contributed by atoms with Gasteiger partial charge in [-0.05, 0) is 31.4 Å². The van der Waals surface area contributed by atoms with Crippen molar-refractivity contribution in [2.45, 2.75) is 25.5 Å². The zero-order valence-electron chi connectivity index (χ0n) is 10.3. The highest BCUT2D eigenvalue weighted by Crippen LogP contribution is 2.27. The summed E-state index contributed by atoms with van der Waals surface area (Å²) < 4.78 is 34.0. The Balaban J connectivity index is 1.89. The van der Waals surface area contributed by atoms with Crippen LogP contribution in [0.1, 0.15) is 25.5 Å². The van der Waals surface area contributed by atoms with Gasteiger partial charge in [0.15, 0.2) is 0 Å². The lowest BCUT2D eigenvalue weighted by atomic mass is 10.1. The summed E-state index contributed by atoms with van der Waals surface area (Å²) in [6, 6.07) is 4.37. The quantitative estimate of drug-likeness (QED) is 0.831. The van der Waals surface area contributed by atoms with Crippen LogP contribution in [-0.4, -0.2) is 16.4 Å². The standard InChI is InChI=1S/C14H13F2N2O/c15-11-4-5-13(16)12(7-11)10-8-17-18(9-10)14-3-1-2-6-19-14/h4,7-9,14H,1-3,6H2. The molecule has 3 nitrogen and oxygen atoms in total. The summed E-state index contributed by atoms with van der Waals surface area (Å²) in [4.78, 5) is 0. The van der Waals surface area contributed by atoms with Crippen molar-refractivity contribution in [3.8, 4) is 11.1 Å². The largest absolute Gasteiger partial charge is 0.357 e. The number of hydrogen-bond donors (Lipinski definition) is 0. The van der Waals surface area contributed by atoms with Crippen molar-refractivity contribution in [2.24, 2.45) is 0 Å². The Labute approximate surface area is 109 Å². The molecule has 2 heterocycles. The molecular formula is C14H13F2N2O. The summed E-state index contributed by atoms with van der Waals surface area (Å²) in [6.07, 6.45) is 6.12. The van der Waals surface area contributed by atoms with Gasteiger partial charge in [0.25, 0.3) is 0 Å². The molecule has 0 bridgehead atoms. The maximum atomic E-state index is 13.6. The summed E-state index contributed by atoms with van der Waals surface area (Å²) in [5, 5.41) is 4.18. The van der Waals surface area contributed by atoms with Crippen LogP contribution in [0.15, 0.2) is 24.5 Å². The molecule has 1 aliphatic heterocycles. The number of nitrogens with zero attached hydrogens (tertiary/aromatic N) is 2. The summed E-state index contributed by atoms with van der Waals surface area (Å²) in [5.41, 5.74) is 0.699. The number of aromatic nitrogens is 2. The van der Waals surface area contributed by atoms with Crippen LogP contribution >= 0.6 is 0 Å². The van der Waals surface area contributed by atoms with E-state index in [1.165, 1.54) is 6.20 Å². The molecule has 0 saturated carbocycles. The Morgan fingerprint density at radius 2 is 2.26 bits per heavy atom. The molecule has 5 heteroatoms. The van der Waals surface area contributed by atoms with Crippen LogP contribution in [0.5, 0.6) is 0 Å². The smallest absolute Gasteiger partial charge is 0.150 e. The number of rotatable bonds is 2. The van der Waals surface area contributed by atoms with Gasteiger partial charge in [-0.25, -0.2) is 13.5 Å². The van der Waals surface area contributed by atoms with Crippen molar-refractivity contribution in [1.29, 1.82) is 0 Å². The number of benzene rings is 1. The molecule has 1 aromatic heterocycles. The minimum atomic E-state index is -0.578. The zero-order chi connectivity index (χ0) is 13.2. The average molecular weight is 263 g/mol. The molecule has 1 atom stereocenters. The fourth-order valence-corrected chi connectivity index (χ4v) is 2.23. The predicted octanol–water partition coefficient (Wildman–Crippen LogP) is 3.33. The fraction of sp³-hybridized carbons (Fsp3) is 0.357. The molecule has 1 unspecified atom stereocenters. The highest BCUT2D eigenvalue weighted by molar-refractivity contribution is 5.62. The number of ether oxygens (including phenoxy) is 1. The number of hydrogen-bond acceptors (Lipinski definition) is 2. The molecule has 1 saturated heterocycles. The van der Waals surface area contributed by atoms with Crippen molar-refractivity contribution >= 4 is 0 Å². The van der Waals surface area contributed by atoms with Crippen LogP contribution in [0.3, 0.4) is 0 Å². The Bertz CT molecular complexity index is 577. The molecule has 1 fully saturated rings. The van der Waals surface area contributed by atoms with Gasteiger partial charge in [0.05, 0.1) is 6.20 Å². The van der Waals surface area contributed by atoms with Gasteiger partial charge in [-0.3, -0.25) is 0 Å². The van der Waals surface area contributed by atoms with Crippen molar-refractivity contribution in [3.63, 3.8) is 0 Å². The summed E-state index contributed by atoms with van der Waals surface area (Å²) in [6.45, 7) is 0.710. The highest BCUT2D eigenvalue weighted by atomic mass is 19.1. The molecule has 0 aliphatic carbocycles. The van der Waals surface area contributed by atoms with E-state index < -0.39 is 11.6 Å². The van der Waals surface area contributed by atoms with Crippen LogP contribution in [0.25, 0.3) is 11.1 Å².